The summed E-state index contributed by atoms with van der Waals surface area (Å²) in [5, 5.41) is 3.73. The van der Waals surface area contributed by atoms with Crippen LogP contribution in [-0.4, -0.2) is 15.1 Å². The number of nitrogen functional groups attached to an aromatic ring is 1. The van der Waals surface area contributed by atoms with Crippen molar-refractivity contribution in [3.63, 3.8) is 0 Å². The molecule has 0 atom stereocenters. The SMILES string of the molecule is Nc1cc(-c2nc(-c3ccc(F)c(F)c3)no2)ccn1. The highest BCUT2D eigenvalue weighted by Crippen LogP contribution is 2.23. The zero-order valence-electron chi connectivity index (χ0n) is 10.0. The van der Waals surface area contributed by atoms with Crippen molar-refractivity contribution in [3.05, 3.63) is 48.2 Å². The topological polar surface area (TPSA) is 77.8 Å². The molecule has 0 aliphatic rings. The zero-order valence-corrected chi connectivity index (χ0v) is 10.0. The first-order valence-electron chi connectivity index (χ1n) is 5.64. The van der Waals surface area contributed by atoms with E-state index in [0.29, 0.717) is 16.9 Å². The molecule has 2 N–H and O–H groups in total. The molecule has 0 aliphatic carbocycles. The summed E-state index contributed by atoms with van der Waals surface area (Å²) in [7, 11) is 0. The zero-order chi connectivity index (χ0) is 14.1. The van der Waals surface area contributed by atoms with Crippen LogP contribution in [0.2, 0.25) is 0 Å². The first kappa shape index (κ1) is 12.2. The van der Waals surface area contributed by atoms with Crippen LogP contribution in [0.4, 0.5) is 14.6 Å². The minimum absolute atomic E-state index is 0.161. The van der Waals surface area contributed by atoms with Gasteiger partial charge in [0.05, 0.1) is 0 Å². The Hall–Kier alpha value is -2.83. The fourth-order valence-electron chi connectivity index (χ4n) is 1.67. The summed E-state index contributed by atoms with van der Waals surface area (Å²) >= 11 is 0. The van der Waals surface area contributed by atoms with E-state index in [1.54, 1.807) is 12.1 Å². The van der Waals surface area contributed by atoms with Gasteiger partial charge in [0, 0.05) is 17.3 Å². The van der Waals surface area contributed by atoms with Crippen molar-refractivity contribution in [2.45, 2.75) is 0 Å². The Kier molecular flexibility index (Phi) is 2.86. The molecule has 0 saturated heterocycles. The molecule has 20 heavy (non-hydrogen) atoms. The molecular formula is C13H8F2N4O. The van der Waals surface area contributed by atoms with Crippen LogP contribution in [0, 0.1) is 11.6 Å². The number of pyridine rings is 1. The van der Waals surface area contributed by atoms with Crippen molar-refractivity contribution < 1.29 is 13.3 Å². The lowest BCUT2D eigenvalue weighted by molar-refractivity contribution is 0.432. The van der Waals surface area contributed by atoms with E-state index in [4.69, 9.17) is 10.3 Å². The summed E-state index contributed by atoms with van der Waals surface area (Å²) in [6, 6.07) is 6.60. The molecule has 0 aliphatic heterocycles. The number of benzene rings is 1. The summed E-state index contributed by atoms with van der Waals surface area (Å²) in [5.41, 5.74) is 6.47. The molecule has 3 aromatic rings. The quantitative estimate of drug-likeness (QED) is 0.777. The Morgan fingerprint density at radius 3 is 2.60 bits per heavy atom. The van der Waals surface area contributed by atoms with Crippen molar-refractivity contribution in [3.8, 4) is 22.8 Å². The number of anilines is 1. The molecule has 3 rings (SSSR count). The molecule has 0 unspecified atom stereocenters. The molecule has 0 radical (unpaired) electrons. The van der Waals surface area contributed by atoms with Crippen molar-refractivity contribution in [2.24, 2.45) is 0 Å². The summed E-state index contributed by atoms with van der Waals surface area (Å²) in [5.74, 6) is -1.20. The number of nitrogens with zero attached hydrogens (tertiary/aromatic N) is 3. The van der Waals surface area contributed by atoms with E-state index in [1.165, 1.54) is 12.3 Å². The molecule has 100 valence electrons. The average Bonchev–Trinajstić information content (AvgIpc) is 2.92. The van der Waals surface area contributed by atoms with E-state index in [-0.39, 0.29) is 11.7 Å². The van der Waals surface area contributed by atoms with E-state index in [1.807, 2.05) is 0 Å². The average molecular weight is 274 g/mol. The van der Waals surface area contributed by atoms with Gasteiger partial charge in [-0.05, 0) is 30.3 Å². The first-order valence-corrected chi connectivity index (χ1v) is 5.64. The summed E-state index contributed by atoms with van der Waals surface area (Å²) in [6.07, 6.45) is 1.51. The highest BCUT2D eigenvalue weighted by Gasteiger charge is 2.12. The second-order valence-electron chi connectivity index (χ2n) is 4.02. The smallest absolute Gasteiger partial charge is 0.258 e. The van der Waals surface area contributed by atoms with Gasteiger partial charge in [0.25, 0.3) is 5.89 Å². The molecule has 7 heteroatoms. The van der Waals surface area contributed by atoms with Crippen molar-refractivity contribution in [2.75, 3.05) is 5.73 Å². The Bertz CT molecular complexity index is 773. The van der Waals surface area contributed by atoms with Crippen LogP contribution in [0.3, 0.4) is 0 Å². The fraction of sp³-hybridized carbons (Fsp3) is 0. The number of halogens is 2. The Morgan fingerprint density at radius 2 is 1.85 bits per heavy atom. The number of hydrogen-bond acceptors (Lipinski definition) is 5. The summed E-state index contributed by atoms with van der Waals surface area (Å²) in [4.78, 5) is 7.96. The molecule has 1 aromatic carbocycles. The normalized spacial score (nSPS) is 10.7. The van der Waals surface area contributed by atoms with Crippen LogP contribution in [0.1, 0.15) is 0 Å². The maximum Gasteiger partial charge on any atom is 0.258 e. The lowest BCUT2D eigenvalue weighted by Crippen LogP contribution is -1.89. The van der Waals surface area contributed by atoms with E-state index in [0.717, 1.165) is 12.1 Å². The van der Waals surface area contributed by atoms with Gasteiger partial charge in [0.15, 0.2) is 11.6 Å². The lowest BCUT2D eigenvalue weighted by atomic mass is 10.2. The molecule has 2 aromatic heterocycles. The van der Waals surface area contributed by atoms with Gasteiger partial charge in [0.2, 0.25) is 5.82 Å². The van der Waals surface area contributed by atoms with Gasteiger partial charge in [-0.3, -0.25) is 0 Å². The molecule has 2 heterocycles. The number of hydrogen-bond donors (Lipinski definition) is 1. The minimum atomic E-state index is -0.970. The van der Waals surface area contributed by atoms with Gasteiger partial charge >= 0.3 is 0 Å². The highest BCUT2D eigenvalue weighted by atomic mass is 19.2. The van der Waals surface area contributed by atoms with Gasteiger partial charge < -0.3 is 10.3 Å². The monoisotopic (exact) mass is 274 g/mol. The van der Waals surface area contributed by atoms with Gasteiger partial charge in [-0.15, -0.1) is 0 Å². The van der Waals surface area contributed by atoms with Gasteiger partial charge in [0.1, 0.15) is 5.82 Å². The van der Waals surface area contributed by atoms with Gasteiger partial charge in [-0.25, -0.2) is 13.8 Å². The first-order chi connectivity index (χ1) is 9.63. The van der Waals surface area contributed by atoms with Crippen LogP contribution >= 0.6 is 0 Å². The van der Waals surface area contributed by atoms with Crippen LogP contribution in [0.5, 0.6) is 0 Å². The van der Waals surface area contributed by atoms with Crippen LogP contribution in [0.25, 0.3) is 22.8 Å². The van der Waals surface area contributed by atoms with Gasteiger partial charge in [-0.2, -0.15) is 4.98 Å². The molecule has 0 bridgehead atoms. The standard InChI is InChI=1S/C13H8F2N4O/c14-9-2-1-7(5-10(9)15)12-18-13(20-19-12)8-3-4-17-11(16)6-8/h1-6H,(H2,16,17). The second kappa shape index (κ2) is 4.69. The predicted octanol–water partition coefficient (Wildman–Crippen LogP) is 2.66. The fourth-order valence-corrected chi connectivity index (χ4v) is 1.67. The molecule has 0 amide bonds. The largest absolute Gasteiger partial charge is 0.384 e. The predicted molar refractivity (Wildman–Crippen MR) is 67.3 cm³/mol. The Labute approximate surface area is 112 Å². The maximum atomic E-state index is 13.2. The van der Waals surface area contributed by atoms with E-state index in [9.17, 15) is 8.78 Å². The van der Waals surface area contributed by atoms with Crippen molar-refractivity contribution in [1.82, 2.24) is 15.1 Å². The van der Waals surface area contributed by atoms with Crippen LogP contribution in [-0.2, 0) is 0 Å². The molecule has 5 nitrogen and oxygen atoms in total. The van der Waals surface area contributed by atoms with Crippen LogP contribution in [0.15, 0.2) is 41.1 Å². The third-order valence-electron chi connectivity index (χ3n) is 2.63. The molecule has 0 fully saturated rings. The van der Waals surface area contributed by atoms with E-state index >= 15 is 0 Å². The Balaban J connectivity index is 1.99. The van der Waals surface area contributed by atoms with E-state index in [2.05, 4.69) is 15.1 Å². The number of nitrogens with two attached hydrogens (primary N) is 1. The van der Waals surface area contributed by atoms with Gasteiger partial charge in [-0.1, -0.05) is 5.16 Å². The van der Waals surface area contributed by atoms with Crippen LogP contribution < -0.4 is 5.73 Å². The highest BCUT2D eigenvalue weighted by molar-refractivity contribution is 5.61. The Morgan fingerprint density at radius 1 is 1.00 bits per heavy atom. The summed E-state index contributed by atoms with van der Waals surface area (Å²) in [6.45, 7) is 0. The number of aromatic nitrogens is 3. The van der Waals surface area contributed by atoms with Crippen molar-refractivity contribution in [1.29, 1.82) is 0 Å². The van der Waals surface area contributed by atoms with E-state index < -0.39 is 11.6 Å². The second-order valence-corrected chi connectivity index (χ2v) is 4.02. The molecule has 0 spiro atoms. The third-order valence-corrected chi connectivity index (χ3v) is 2.63. The van der Waals surface area contributed by atoms with Crippen molar-refractivity contribution >= 4 is 5.82 Å². The minimum Gasteiger partial charge on any atom is -0.384 e. The molecule has 0 saturated carbocycles. The lowest BCUT2D eigenvalue weighted by Gasteiger charge is -1.96. The number of rotatable bonds is 2. The maximum absolute atomic E-state index is 13.2. The summed E-state index contributed by atoms with van der Waals surface area (Å²) < 4.78 is 31.1. The molecular weight excluding hydrogens is 266 g/mol. The third kappa shape index (κ3) is 2.20.